The molecular formula is C52H56BN. The van der Waals surface area contributed by atoms with E-state index in [4.69, 9.17) is 0 Å². The minimum atomic E-state index is 0.000399. The van der Waals surface area contributed by atoms with Gasteiger partial charge in [0, 0.05) is 22.0 Å². The summed E-state index contributed by atoms with van der Waals surface area (Å²) in [6, 6.07) is 47.0. The monoisotopic (exact) mass is 705 g/mol. The Morgan fingerprint density at radius 3 is 1.35 bits per heavy atom. The molecule has 0 saturated carbocycles. The van der Waals surface area contributed by atoms with Crippen LogP contribution in [0.2, 0.25) is 0 Å². The number of hydrogen-bond donors (Lipinski definition) is 0. The first-order chi connectivity index (χ1) is 25.3. The molecule has 0 saturated heterocycles. The predicted octanol–water partition coefficient (Wildman–Crippen LogP) is 12.1. The summed E-state index contributed by atoms with van der Waals surface area (Å²) in [6.45, 7) is 28.2. The lowest BCUT2D eigenvalue weighted by Crippen LogP contribution is -2.57. The first kappa shape index (κ1) is 36.2. The fraction of sp³-hybridized carbons (Fsp3) is 0.308. The smallest absolute Gasteiger partial charge is 0.248 e. The Labute approximate surface area is 324 Å². The van der Waals surface area contributed by atoms with Gasteiger partial charge >= 0.3 is 0 Å². The van der Waals surface area contributed by atoms with Gasteiger partial charge in [-0.15, -0.1) is 0 Å². The van der Waals surface area contributed by atoms with Crippen molar-refractivity contribution in [3.63, 3.8) is 0 Å². The molecule has 2 heterocycles. The third kappa shape index (κ3) is 6.03. The Hall–Kier alpha value is -4.82. The van der Waals surface area contributed by atoms with Gasteiger partial charge in [-0.25, -0.2) is 0 Å². The Morgan fingerprint density at radius 2 is 0.833 bits per heavy atom. The fourth-order valence-electron chi connectivity index (χ4n) is 8.62. The molecule has 0 fully saturated rings. The summed E-state index contributed by atoms with van der Waals surface area (Å²) in [5.74, 6) is 0. The number of fused-ring (bicyclic) bond motifs is 5. The molecule has 0 amide bonds. The van der Waals surface area contributed by atoms with Crippen molar-refractivity contribution in [3.05, 3.63) is 144 Å². The van der Waals surface area contributed by atoms with Gasteiger partial charge in [0.15, 0.2) is 0 Å². The highest BCUT2D eigenvalue weighted by atomic mass is 15.0. The molecule has 2 heteroatoms. The van der Waals surface area contributed by atoms with Crippen LogP contribution in [0.1, 0.15) is 105 Å². The van der Waals surface area contributed by atoms with Gasteiger partial charge in [0.25, 0.3) is 0 Å². The maximum absolute atomic E-state index is 2.53. The number of para-hydroxylation sites is 3. The van der Waals surface area contributed by atoms with E-state index in [-0.39, 0.29) is 28.4 Å². The molecule has 54 heavy (non-hydrogen) atoms. The molecule has 272 valence electrons. The second-order valence-electron chi connectivity index (χ2n) is 20.0. The third-order valence-corrected chi connectivity index (χ3v) is 11.9. The van der Waals surface area contributed by atoms with Gasteiger partial charge in [-0.2, -0.15) is 0 Å². The van der Waals surface area contributed by atoms with E-state index in [0.29, 0.717) is 0 Å². The van der Waals surface area contributed by atoms with E-state index in [1.807, 2.05) is 0 Å². The number of hydrogen-bond acceptors (Lipinski definition) is 0. The standard InChI is InChI=1S/C52H56BN/c1-49(2,3)35-27-33(28-36(31-35)50(4,5)6)39-20-17-21-40(34-29-37(51(7,8)9)32-38(30-34)52(10,11)12)47(39)53-43-23-14-16-26-46(43)54-45-25-15-13-19-41(45)42-22-18-24-44(53)48(42)54/h13-32H,1-12H3. The van der Waals surface area contributed by atoms with Crippen molar-refractivity contribution in [1.29, 1.82) is 0 Å². The number of rotatable bonds is 3. The van der Waals surface area contributed by atoms with E-state index in [2.05, 4.69) is 209 Å². The number of benzene rings is 6. The van der Waals surface area contributed by atoms with Crippen LogP contribution in [0.25, 0.3) is 49.7 Å². The zero-order valence-electron chi connectivity index (χ0n) is 34.6. The van der Waals surface area contributed by atoms with Gasteiger partial charge in [0.2, 0.25) is 6.71 Å². The van der Waals surface area contributed by atoms with Crippen molar-refractivity contribution in [2.75, 3.05) is 0 Å². The van der Waals surface area contributed by atoms with Crippen molar-refractivity contribution in [1.82, 2.24) is 4.57 Å². The zero-order valence-corrected chi connectivity index (χ0v) is 34.6. The summed E-state index contributed by atoms with van der Waals surface area (Å²) in [4.78, 5) is 0. The van der Waals surface area contributed by atoms with Crippen LogP contribution in [0, 0.1) is 0 Å². The Bertz CT molecular complexity index is 2430. The van der Waals surface area contributed by atoms with Crippen LogP contribution in [0.4, 0.5) is 0 Å². The van der Waals surface area contributed by atoms with Crippen LogP contribution in [-0.2, 0) is 21.7 Å². The van der Waals surface area contributed by atoms with E-state index in [1.54, 1.807) is 0 Å². The molecule has 0 radical (unpaired) electrons. The highest BCUT2D eigenvalue weighted by Gasteiger charge is 2.37. The zero-order chi connectivity index (χ0) is 38.5. The normalized spacial score (nSPS) is 13.5. The number of aromatic nitrogens is 1. The molecule has 0 N–H and O–H groups in total. The van der Waals surface area contributed by atoms with Crippen molar-refractivity contribution in [2.45, 2.75) is 105 Å². The molecule has 1 aliphatic heterocycles. The Kier molecular flexibility index (Phi) is 8.28. The highest BCUT2D eigenvalue weighted by molar-refractivity contribution is 6.99. The van der Waals surface area contributed by atoms with E-state index in [1.165, 1.54) is 88.4 Å². The lowest BCUT2D eigenvalue weighted by atomic mass is 9.34. The van der Waals surface area contributed by atoms with Crippen LogP contribution < -0.4 is 16.4 Å². The highest BCUT2D eigenvalue weighted by Crippen LogP contribution is 2.39. The molecule has 1 aromatic heterocycles. The molecule has 8 rings (SSSR count). The SMILES string of the molecule is CC(C)(C)c1cc(-c2cccc(-c3cc(C(C)(C)C)cc(C(C)(C)C)c3)c2B2c3ccccc3-n3c4ccccc4c4cccc2c43)cc(C(C)(C)C)c1. The molecule has 0 unspecified atom stereocenters. The summed E-state index contributed by atoms with van der Waals surface area (Å²) < 4.78 is 2.53. The lowest BCUT2D eigenvalue weighted by Gasteiger charge is -2.32. The maximum Gasteiger partial charge on any atom is 0.248 e. The molecule has 0 atom stereocenters. The molecule has 1 nitrogen and oxygen atoms in total. The van der Waals surface area contributed by atoms with Crippen molar-refractivity contribution in [2.24, 2.45) is 0 Å². The first-order valence-electron chi connectivity index (χ1n) is 19.9. The molecule has 1 aliphatic rings. The number of nitrogens with zero attached hydrogens (tertiary/aromatic N) is 1. The third-order valence-electron chi connectivity index (χ3n) is 11.9. The molecule has 0 aliphatic carbocycles. The van der Waals surface area contributed by atoms with Crippen LogP contribution >= 0.6 is 0 Å². The van der Waals surface area contributed by atoms with E-state index in [0.717, 1.165) is 0 Å². The average molecular weight is 706 g/mol. The van der Waals surface area contributed by atoms with Gasteiger partial charge in [-0.1, -0.05) is 198 Å². The second-order valence-corrected chi connectivity index (χ2v) is 20.0. The minimum Gasteiger partial charge on any atom is -0.310 e. The second kappa shape index (κ2) is 12.4. The van der Waals surface area contributed by atoms with Crippen molar-refractivity contribution < 1.29 is 0 Å². The molecule has 7 aromatic rings. The Morgan fingerprint density at radius 1 is 0.407 bits per heavy atom. The molecule has 0 bridgehead atoms. The van der Waals surface area contributed by atoms with Crippen LogP contribution in [0.15, 0.2) is 121 Å². The van der Waals surface area contributed by atoms with Crippen LogP contribution in [0.5, 0.6) is 0 Å². The van der Waals surface area contributed by atoms with Crippen LogP contribution in [0.3, 0.4) is 0 Å². The summed E-state index contributed by atoms with van der Waals surface area (Å²) in [7, 11) is 0. The summed E-state index contributed by atoms with van der Waals surface area (Å²) in [5, 5.41) is 2.62. The van der Waals surface area contributed by atoms with Gasteiger partial charge in [-0.3, -0.25) is 0 Å². The molecule has 6 aromatic carbocycles. The van der Waals surface area contributed by atoms with E-state index >= 15 is 0 Å². The van der Waals surface area contributed by atoms with Gasteiger partial charge in [0.1, 0.15) is 0 Å². The largest absolute Gasteiger partial charge is 0.310 e. The summed E-state index contributed by atoms with van der Waals surface area (Å²) >= 11 is 0. The van der Waals surface area contributed by atoms with E-state index < -0.39 is 0 Å². The quantitative estimate of drug-likeness (QED) is 0.161. The average Bonchev–Trinajstić information content (AvgIpc) is 3.45. The topological polar surface area (TPSA) is 4.93 Å². The first-order valence-corrected chi connectivity index (χ1v) is 19.9. The lowest BCUT2D eigenvalue weighted by molar-refractivity contribution is 0.568. The van der Waals surface area contributed by atoms with Crippen molar-refractivity contribution in [3.8, 4) is 27.9 Å². The van der Waals surface area contributed by atoms with Crippen molar-refractivity contribution >= 4 is 44.9 Å². The minimum absolute atomic E-state index is 0.000399. The van der Waals surface area contributed by atoms with Gasteiger partial charge < -0.3 is 4.57 Å². The summed E-state index contributed by atoms with van der Waals surface area (Å²) in [6.07, 6.45) is 0. The van der Waals surface area contributed by atoms with Gasteiger partial charge in [0.05, 0.1) is 5.52 Å². The van der Waals surface area contributed by atoms with Gasteiger partial charge in [-0.05, 0) is 89.2 Å². The predicted molar refractivity (Wildman–Crippen MR) is 238 cm³/mol. The van der Waals surface area contributed by atoms with E-state index in [9.17, 15) is 0 Å². The summed E-state index contributed by atoms with van der Waals surface area (Å²) in [5.41, 5.74) is 18.6. The fourth-order valence-corrected chi connectivity index (χ4v) is 8.62. The molecule has 0 spiro atoms. The Balaban J connectivity index is 1.55. The maximum atomic E-state index is 2.53. The molecular weight excluding hydrogens is 649 g/mol. The van der Waals surface area contributed by atoms with Crippen LogP contribution in [-0.4, -0.2) is 11.3 Å².